The minimum absolute atomic E-state index is 0.0871. The molecule has 6 nitrogen and oxygen atoms in total. The first-order valence-corrected chi connectivity index (χ1v) is 14.5. The molecule has 0 radical (unpaired) electrons. The molecular weight excluding hydrogens is 437 g/mol. The number of hydrogen-bond donors (Lipinski definition) is 1. The van der Waals surface area contributed by atoms with Gasteiger partial charge in [0.1, 0.15) is 13.2 Å². The Kier molecular flexibility index (Phi) is 20.5. The van der Waals surface area contributed by atoms with Gasteiger partial charge in [0.25, 0.3) is 0 Å². The number of unbranched alkanes of at least 4 members (excludes halogenated alkanes) is 8. The highest BCUT2D eigenvalue weighted by Crippen LogP contribution is 2.43. The third-order valence-corrected chi connectivity index (χ3v) is 6.30. The fourth-order valence-electron chi connectivity index (χ4n) is 3.28. The Bertz CT molecular complexity index is 545. The Hall–Kier alpha value is -0.490. The van der Waals surface area contributed by atoms with Crippen LogP contribution >= 0.6 is 7.82 Å². The standard InChI is InChI=1S/C26H52NO5P/c1-6-8-9-10-11-12-13-14-15-16-17-18-19-20-21-22-26(30-7-2)25-32-33(28,29)31-24-23-27(3,4)5/h11-12,14-15,26H,6-10,13,16-25H2,1-5H3/p+1/b12-11-,15-14-. The van der Waals surface area contributed by atoms with Gasteiger partial charge >= 0.3 is 7.82 Å². The molecule has 7 heteroatoms. The van der Waals surface area contributed by atoms with E-state index in [1.165, 1.54) is 44.9 Å². The SMILES string of the molecule is CCCCC/C=C\C/C=C\CCCCCCCC(COP(=O)(O)OCC[N+](C)(C)C)OCC. The van der Waals surface area contributed by atoms with E-state index >= 15 is 0 Å². The van der Waals surface area contributed by atoms with Crippen LogP contribution in [0.3, 0.4) is 0 Å². The average molecular weight is 491 g/mol. The van der Waals surface area contributed by atoms with E-state index in [2.05, 4.69) is 31.2 Å². The minimum Gasteiger partial charge on any atom is -0.376 e. The van der Waals surface area contributed by atoms with Crippen LogP contribution in [0.2, 0.25) is 0 Å². The molecule has 2 unspecified atom stereocenters. The maximum Gasteiger partial charge on any atom is 0.472 e. The van der Waals surface area contributed by atoms with Crippen molar-refractivity contribution in [3.63, 3.8) is 0 Å². The summed E-state index contributed by atoms with van der Waals surface area (Å²) in [5.74, 6) is 0. The molecule has 0 aliphatic rings. The smallest absolute Gasteiger partial charge is 0.376 e. The maximum absolute atomic E-state index is 12.1. The summed E-state index contributed by atoms with van der Waals surface area (Å²) in [5.41, 5.74) is 0. The second-order valence-corrected chi connectivity index (χ2v) is 11.2. The van der Waals surface area contributed by atoms with Crippen molar-refractivity contribution in [1.82, 2.24) is 0 Å². The average Bonchev–Trinajstić information content (AvgIpc) is 2.73. The molecule has 0 saturated carbocycles. The van der Waals surface area contributed by atoms with Crippen LogP contribution in [0.4, 0.5) is 0 Å². The van der Waals surface area contributed by atoms with Crippen LogP contribution in [0.1, 0.15) is 90.9 Å². The summed E-state index contributed by atoms with van der Waals surface area (Å²) >= 11 is 0. The van der Waals surface area contributed by atoms with Crippen molar-refractivity contribution in [3.8, 4) is 0 Å². The molecule has 0 aromatic rings. The fourth-order valence-corrected chi connectivity index (χ4v) is 4.02. The van der Waals surface area contributed by atoms with E-state index < -0.39 is 7.82 Å². The Balaban J connectivity index is 3.81. The van der Waals surface area contributed by atoms with Crippen LogP contribution < -0.4 is 0 Å². The van der Waals surface area contributed by atoms with E-state index in [9.17, 15) is 9.46 Å². The number of nitrogens with zero attached hydrogens (tertiary/aromatic N) is 1. The van der Waals surface area contributed by atoms with Gasteiger partial charge in [-0.15, -0.1) is 0 Å². The highest BCUT2D eigenvalue weighted by molar-refractivity contribution is 7.47. The first kappa shape index (κ1) is 32.5. The molecule has 33 heavy (non-hydrogen) atoms. The van der Waals surface area contributed by atoms with Gasteiger partial charge in [0.15, 0.2) is 0 Å². The topological polar surface area (TPSA) is 65.0 Å². The molecular formula is C26H53NO5P+. The molecule has 2 atom stereocenters. The van der Waals surface area contributed by atoms with Gasteiger partial charge < -0.3 is 14.1 Å². The predicted molar refractivity (Wildman–Crippen MR) is 139 cm³/mol. The van der Waals surface area contributed by atoms with Crippen molar-refractivity contribution in [2.24, 2.45) is 0 Å². The van der Waals surface area contributed by atoms with Crippen LogP contribution in [0, 0.1) is 0 Å². The molecule has 0 heterocycles. The number of phosphoric ester groups is 1. The highest BCUT2D eigenvalue weighted by Gasteiger charge is 2.24. The third kappa shape index (κ3) is 24.4. The summed E-state index contributed by atoms with van der Waals surface area (Å²) in [5, 5.41) is 0. The lowest BCUT2D eigenvalue weighted by molar-refractivity contribution is -0.870. The first-order chi connectivity index (χ1) is 15.7. The van der Waals surface area contributed by atoms with E-state index in [0.717, 1.165) is 32.1 Å². The Morgan fingerprint density at radius 3 is 2.06 bits per heavy atom. The molecule has 0 aliphatic carbocycles. The minimum atomic E-state index is -4.03. The van der Waals surface area contributed by atoms with Crippen LogP contribution in [0.25, 0.3) is 0 Å². The number of quaternary nitrogens is 1. The van der Waals surface area contributed by atoms with Crippen molar-refractivity contribution in [2.75, 3.05) is 47.5 Å². The van der Waals surface area contributed by atoms with Crippen molar-refractivity contribution in [3.05, 3.63) is 24.3 Å². The number of phosphoric acid groups is 1. The lowest BCUT2D eigenvalue weighted by atomic mass is 10.1. The largest absolute Gasteiger partial charge is 0.472 e. The summed E-state index contributed by atoms with van der Waals surface area (Å²) in [4.78, 5) is 9.87. The Labute approximate surface area is 204 Å². The van der Waals surface area contributed by atoms with E-state index in [0.29, 0.717) is 17.6 Å². The quantitative estimate of drug-likeness (QED) is 0.0720. The van der Waals surface area contributed by atoms with Gasteiger partial charge in [-0.3, -0.25) is 9.05 Å². The van der Waals surface area contributed by atoms with Gasteiger partial charge in [-0.2, -0.15) is 0 Å². The molecule has 0 saturated heterocycles. The molecule has 0 fully saturated rings. The zero-order valence-corrected chi connectivity index (χ0v) is 23.1. The monoisotopic (exact) mass is 490 g/mol. The first-order valence-electron chi connectivity index (χ1n) is 13.0. The zero-order valence-electron chi connectivity index (χ0n) is 22.2. The number of hydrogen-bond acceptors (Lipinski definition) is 4. The molecule has 196 valence electrons. The summed E-state index contributed by atoms with van der Waals surface area (Å²) in [6.07, 6.45) is 23.0. The van der Waals surface area contributed by atoms with Gasteiger partial charge in [0.05, 0.1) is 33.9 Å². The van der Waals surface area contributed by atoms with E-state index in [1.54, 1.807) is 0 Å². The summed E-state index contributed by atoms with van der Waals surface area (Å²) in [6.45, 7) is 5.63. The molecule has 0 aromatic carbocycles. The van der Waals surface area contributed by atoms with E-state index in [-0.39, 0.29) is 19.3 Å². The van der Waals surface area contributed by atoms with Gasteiger partial charge in [-0.1, -0.05) is 69.8 Å². The number of ether oxygens (including phenoxy) is 1. The Morgan fingerprint density at radius 1 is 0.848 bits per heavy atom. The molecule has 0 rings (SSSR count). The lowest BCUT2D eigenvalue weighted by Gasteiger charge is -2.24. The Morgan fingerprint density at radius 2 is 1.45 bits per heavy atom. The van der Waals surface area contributed by atoms with E-state index in [4.69, 9.17) is 13.8 Å². The molecule has 0 aromatic heterocycles. The molecule has 1 N–H and O–H groups in total. The number of likely N-dealkylation sites (N-methyl/N-ethyl adjacent to an activating group) is 1. The van der Waals surface area contributed by atoms with Gasteiger partial charge in [0, 0.05) is 6.61 Å². The van der Waals surface area contributed by atoms with Crippen LogP contribution in [-0.4, -0.2) is 63.0 Å². The van der Waals surface area contributed by atoms with Crippen LogP contribution in [0.5, 0.6) is 0 Å². The summed E-state index contributed by atoms with van der Waals surface area (Å²) < 4.78 is 28.7. The van der Waals surface area contributed by atoms with Crippen molar-refractivity contribution < 1.29 is 27.7 Å². The lowest BCUT2D eigenvalue weighted by Crippen LogP contribution is -2.37. The number of rotatable bonds is 23. The van der Waals surface area contributed by atoms with Crippen LogP contribution in [0.15, 0.2) is 24.3 Å². The van der Waals surface area contributed by atoms with Gasteiger partial charge in [0.2, 0.25) is 0 Å². The zero-order chi connectivity index (χ0) is 24.8. The second kappa shape index (κ2) is 20.8. The molecule has 0 spiro atoms. The normalized spacial score (nSPS) is 15.5. The van der Waals surface area contributed by atoms with Gasteiger partial charge in [-0.05, 0) is 45.4 Å². The summed E-state index contributed by atoms with van der Waals surface area (Å²) in [6, 6.07) is 0. The highest BCUT2D eigenvalue weighted by atomic mass is 31.2. The second-order valence-electron chi connectivity index (χ2n) is 9.71. The van der Waals surface area contributed by atoms with Crippen molar-refractivity contribution in [2.45, 2.75) is 97.0 Å². The van der Waals surface area contributed by atoms with Crippen LogP contribution in [-0.2, 0) is 18.3 Å². The maximum atomic E-state index is 12.1. The molecule has 0 bridgehead atoms. The molecule has 0 amide bonds. The van der Waals surface area contributed by atoms with Crippen molar-refractivity contribution in [1.29, 1.82) is 0 Å². The number of allylic oxidation sites excluding steroid dienone is 4. The molecule has 0 aliphatic heterocycles. The predicted octanol–water partition coefficient (Wildman–Crippen LogP) is 7.04. The summed E-state index contributed by atoms with van der Waals surface area (Å²) in [7, 11) is 1.98. The third-order valence-electron chi connectivity index (χ3n) is 5.32. The van der Waals surface area contributed by atoms with Crippen molar-refractivity contribution >= 4 is 7.82 Å². The van der Waals surface area contributed by atoms with E-state index in [1.807, 2.05) is 28.1 Å². The fraction of sp³-hybridized carbons (Fsp3) is 0.846. The van der Waals surface area contributed by atoms with Gasteiger partial charge in [-0.25, -0.2) is 4.57 Å².